The summed E-state index contributed by atoms with van der Waals surface area (Å²) in [5.41, 5.74) is 1.14. The minimum Gasteiger partial charge on any atom is -0.293 e. The van der Waals surface area contributed by atoms with E-state index in [1.54, 1.807) is 30.8 Å². The fraction of sp³-hybridized carbons (Fsp3) is 0.417. The van der Waals surface area contributed by atoms with E-state index in [2.05, 4.69) is 6.92 Å². The number of hydrogen-bond acceptors (Lipinski definition) is 2. The fourth-order valence-corrected chi connectivity index (χ4v) is 2.00. The van der Waals surface area contributed by atoms with E-state index in [-0.39, 0.29) is 11.6 Å². The molecule has 0 heterocycles. The maximum Gasteiger partial charge on any atom is 0.172 e. The summed E-state index contributed by atoms with van der Waals surface area (Å²) in [6.45, 7) is 3.75. The zero-order valence-corrected chi connectivity index (χ0v) is 9.86. The molecule has 0 fully saturated rings. The first-order valence-corrected chi connectivity index (χ1v) is 6.17. The van der Waals surface area contributed by atoms with Crippen LogP contribution in [0.3, 0.4) is 0 Å². The van der Waals surface area contributed by atoms with Crippen LogP contribution < -0.4 is 0 Å². The monoisotopic (exact) mass is 226 g/mol. The van der Waals surface area contributed by atoms with Crippen LogP contribution >= 0.6 is 11.8 Å². The molecule has 0 spiro atoms. The lowest BCUT2D eigenvalue weighted by Gasteiger charge is -2.02. The first-order chi connectivity index (χ1) is 7.15. The van der Waals surface area contributed by atoms with Crippen LogP contribution in [-0.4, -0.2) is 17.3 Å². The van der Waals surface area contributed by atoms with Gasteiger partial charge in [-0.15, -0.1) is 0 Å². The molecule has 0 saturated heterocycles. The van der Waals surface area contributed by atoms with E-state index >= 15 is 0 Å². The van der Waals surface area contributed by atoms with Crippen molar-refractivity contribution in [3.05, 3.63) is 35.1 Å². The summed E-state index contributed by atoms with van der Waals surface area (Å²) < 4.78 is 13.0. The zero-order chi connectivity index (χ0) is 11.3. The maximum atomic E-state index is 13.0. The van der Waals surface area contributed by atoms with Gasteiger partial charge in [0, 0.05) is 5.56 Å². The first kappa shape index (κ1) is 12.2. The average Bonchev–Trinajstić information content (AvgIpc) is 2.22. The molecule has 1 rings (SSSR count). The number of rotatable bonds is 5. The first-order valence-electron chi connectivity index (χ1n) is 5.02. The highest BCUT2D eigenvalue weighted by Crippen LogP contribution is 2.12. The number of halogens is 1. The molecule has 1 aromatic rings. The molecular formula is C12H15FOS. The molecule has 0 saturated carbocycles. The van der Waals surface area contributed by atoms with Gasteiger partial charge in [-0.1, -0.05) is 6.92 Å². The van der Waals surface area contributed by atoms with E-state index in [1.807, 2.05) is 0 Å². The molecule has 82 valence electrons. The highest BCUT2D eigenvalue weighted by atomic mass is 32.2. The number of benzene rings is 1. The summed E-state index contributed by atoms with van der Waals surface area (Å²) in [5, 5.41) is 0. The Bertz CT molecular complexity index is 349. The number of hydrogen-bond donors (Lipinski definition) is 0. The molecule has 0 aliphatic rings. The predicted octanol–water partition coefficient (Wildman–Crippen LogP) is 3.46. The average molecular weight is 226 g/mol. The molecule has 0 aromatic heterocycles. The van der Waals surface area contributed by atoms with Crippen LogP contribution in [0.25, 0.3) is 0 Å². The Balaban J connectivity index is 2.62. The summed E-state index contributed by atoms with van der Waals surface area (Å²) in [6.07, 6.45) is 1.07. The normalized spacial score (nSPS) is 10.3. The minimum absolute atomic E-state index is 0.0801. The number of aryl methyl sites for hydroxylation is 1. The van der Waals surface area contributed by atoms with E-state index in [4.69, 9.17) is 0 Å². The number of carbonyl (C=O) groups excluding carboxylic acids is 1. The predicted molar refractivity (Wildman–Crippen MR) is 63.1 cm³/mol. The van der Waals surface area contributed by atoms with Gasteiger partial charge in [0.1, 0.15) is 5.82 Å². The third kappa shape index (κ3) is 3.67. The molecule has 3 heteroatoms. The van der Waals surface area contributed by atoms with E-state index in [0.29, 0.717) is 16.9 Å². The standard InChI is InChI=1S/C12H15FOS/c1-3-6-15-8-12(14)10-4-5-11(13)9(2)7-10/h4-5,7H,3,6,8H2,1-2H3. The highest BCUT2D eigenvalue weighted by molar-refractivity contribution is 7.99. The largest absolute Gasteiger partial charge is 0.293 e. The second-order valence-electron chi connectivity index (χ2n) is 3.44. The molecule has 0 radical (unpaired) electrons. The Hall–Kier alpha value is -0.830. The third-order valence-electron chi connectivity index (χ3n) is 2.06. The molecule has 1 aromatic carbocycles. The number of thioether (sulfide) groups is 1. The van der Waals surface area contributed by atoms with Gasteiger partial charge in [-0.25, -0.2) is 4.39 Å². The summed E-state index contributed by atoms with van der Waals surface area (Å²) in [6, 6.07) is 4.52. The van der Waals surface area contributed by atoms with Gasteiger partial charge >= 0.3 is 0 Å². The van der Waals surface area contributed by atoms with Crippen molar-refractivity contribution in [2.24, 2.45) is 0 Å². The van der Waals surface area contributed by atoms with Gasteiger partial charge in [-0.2, -0.15) is 11.8 Å². The molecule has 0 atom stereocenters. The van der Waals surface area contributed by atoms with Crippen molar-refractivity contribution in [3.8, 4) is 0 Å². The summed E-state index contributed by atoms with van der Waals surface area (Å²) in [5.74, 6) is 1.30. The van der Waals surface area contributed by atoms with Gasteiger partial charge < -0.3 is 0 Å². The van der Waals surface area contributed by atoms with Crippen molar-refractivity contribution in [1.82, 2.24) is 0 Å². The topological polar surface area (TPSA) is 17.1 Å². The summed E-state index contributed by atoms with van der Waals surface area (Å²) in [7, 11) is 0. The highest BCUT2D eigenvalue weighted by Gasteiger charge is 2.07. The van der Waals surface area contributed by atoms with Gasteiger partial charge in [0.15, 0.2) is 5.78 Å². The van der Waals surface area contributed by atoms with Gasteiger partial charge in [0.25, 0.3) is 0 Å². The molecule has 0 aliphatic heterocycles. The Morgan fingerprint density at radius 2 is 2.20 bits per heavy atom. The van der Waals surface area contributed by atoms with Crippen molar-refractivity contribution in [2.75, 3.05) is 11.5 Å². The van der Waals surface area contributed by atoms with Crippen molar-refractivity contribution in [1.29, 1.82) is 0 Å². The van der Waals surface area contributed by atoms with E-state index < -0.39 is 0 Å². The molecule has 0 unspecified atom stereocenters. The Morgan fingerprint density at radius 1 is 1.47 bits per heavy atom. The fourth-order valence-electron chi connectivity index (χ4n) is 1.21. The molecule has 0 N–H and O–H groups in total. The van der Waals surface area contributed by atoms with Gasteiger partial charge in [-0.05, 0) is 42.9 Å². The third-order valence-corrected chi connectivity index (χ3v) is 3.22. The quantitative estimate of drug-likeness (QED) is 0.565. The van der Waals surface area contributed by atoms with E-state index in [9.17, 15) is 9.18 Å². The van der Waals surface area contributed by atoms with Crippen LogP contribution in [0, 0.1) is 12.7 Å². The van der Waals surface area contributed by atoms with Crippen LogP contribution in [0.15, 0.2) is 18.2 Å². The Kier molecular flexibility index (Phi) is 4.82. The Labute approximate surface area is 94.1 Å². The lowest BCUT2D eigenvalue weighted by atomic mass is 10.1. The number of Topliss-reactive ketones (excluding diaryl/α,β-unsaturated/α-hetero) is 1. The molecule has 15 heavy (non-hydrogen) atoms. The minimum atomic E-state index is -0.257. The van der Waals surface area contributed by atoms with Gasteiger partial charge in [-0.3, -0.25) is 4.79 Å². The second-order valence-corrected chi connectivity index (χ2v) is 4.54. The van der Waals surface area contributed by atoms with Crippen LogP contribution in [0.4, 0.5) is 4.39 Å². The van der Waals surface area contributed by atoms with Crippen LogP contribution in [0.5, 0.6) is 0 Å². The number of ketones is 1. The van der Waals surface area contributed by atoms with Crippen molar-refractivity contribution in [2.45, 2.75) is 20.3 Å². The van der Waals surface area contributed by atoms with Crippen LogP contribution in [-0.2, 0) is 0 Å². The molecular weight excluding hydrogens is 211 g/mol. The SMILES string of the molecule is CCCSCC(=O)c1ccc(F)c(C)c1. The van der Waals surface area contributed by atoms with Crippen LogP contribution in [0.2, 0.25) is 0 Å². The summed E-state index contributed by atoms with van der Waals surface area (Å²) >= 11 is 1.62. The lowest BCUT2D eigenvalue weighted by molar-refractivity contribution is 0.102. The lowest BCUT2D eigenvalue weighted by Crippen LogP contribution is -2.03. The second kappa shape index (κ2) is 5.91. The smallest absolute Gasteiger partial charge is 0.172 e. The Morgan fingerprint density at radius 3 is 2.80 bits per heavy atom. The summed E-state index contributed by atoms with van der Waals surface area (Å²) in [4.78, 5) is 11.6. The van der Waals surface area contributed by atoms with Crippen molar-refractivity contribution in [3.63, 3.8) is 0 Å². The zero-order valence-electron chi connectivity index (χ0n) is 9.05. The van der Waals surface area contributed by atoms with Crippen molar-refractivity contribution < 1.29 is 9.18 Å². The van der Waals surface area contributed by atoms with Gasteiger partial charge in [0.05, 0.1) is 5.75 Å². The van der Waals surface area contributed by atoms with E-state index in [0.717, 1.165) is 12.2 Å². The van der Waals surface area contributed by atoms with E-state index in [1.165, 1.54) is 6.07 Å². The van der Waals surface area contributed by atoms with Gasteiger partial charge in [0.2, 0.25) is 0 Å². The molecule has 0 amide bonds. The maximum absolute atomic E-state index is 13.0. The van der Waals surface area contributed by atoms with Crippen LogP contribution in [0.1, 0.15) is 29.3 Å². The molecule has 0 bridgehead atoms. The number of carbonyl (C=O) groups is 1. The molecule has 0 aliphatic carbocycles. The molecule has 1 nitrogen and oxygen atoms in total. The van der Waals surface area contributed by atoms with Crippen molar-refractivity contribution >= 4 is 17.5 Å².